The van der Waals surface area contributed by atoms with Crippen LogP contribution < -0.4 is 10.0 Å². The number of benzene rings is 1. The summed E-state index contributed by atoms with van der Waals surface area (Å²) in [5.74, 6) is -0.430. The maximum atomic E-state index is 12.8. The zero-order chi connectivity index (χ0) is 15.3. The number of pyridine rings is 1. The van der Waals surface area contributed by atoms with Crippen LogP contribution in [0.15, 0.2) is 47.6 Å². The Labute approximate surface area is 123 Å². The molecule has 0 fully saturated rings. The zero-order valence-corrected chi connectivity index (χ0v) is 12.3. The summed E-state index contributed by atoms with van der Waals surface area (Å²) >= 11 is 0. The lowest BCUT2D eigenvalue weighted by atomic mass is 10.3. The molecule has 5 nitrogen and oxygen atoms in total. The van der Waals surface area contributed by atoms with Gasteiger partial charge in [0, 0.05) is 18.4 Å². The molecular weight excluding hydrogens is 293 g/mol. The van der Waals surface area contributed by atoms with Gasteiger partial charge in [0.05, 0.1) is 5.69 Å². The van der Waals surface area contributed by atoms with E-state index in [9.17, 15) is 12.8 Å². The number of halogens is 1. The van der Waals surface area contributed by atoms with Crippen LogP contribution in [0.4, 0.5) is 15.8 Å². The summed E-state index contributed by atoms with van der Waals surface area (Å²) in [4.78, 5) is 3.93. The van der Waals surface area contributed by atoms with Gasteiger partial charge >= 0.3 is 0 Å². The molecule has 1 aromatic carbocycles. The Morgan fingerprint density at radius 2 is 1.90 bits per heavy atom. The molecule has 0 aliphatic heterocycles. The summed E-state index contributed by atoms with van der Waals surface area (Å²) in [6.45, 7) is 2.62. The van der Waals surface area contributed by atoms with Gasteiger partial charge in [-0.05, 0) is 42.8 Å². The molecule has 0 bridgehead atoms. The molecule has 0 spiro atoms. The second-order valence-electron chi connectivity index (χ2n) is 4.40. The molecule has 0 amide bonds. The fourth-order valence-electron chi connectivity index (χ4n) is 1.72. The van der Waals surface area contributed by atoms with Gasteiger partial charge in [0.15, 0.2) is 5.03 Å². The quantitative estimate of drug-likeness (QED) is 0.861. The van der Waals surface area contributed by atoms with Gasteiger partial charge in [-0.15, -0.1) is 0 Å². The summed E-state index contributed by atoms with van der Waals surface area (Å²) in [5.41, 5.74) is 0.720. The van der Waals surface area contributed by atoms with Crippen molar-refractivity contribution in [3.8, 4) is 0 Å². The molecule has 0 atom stereocenters. The molecule has 0 aliphatic rings. The predicted molar refractivity (Wildman–Crippen MR) is 80.2 cm³/mol. The lowest BCUT2D eigenvalue weighted by Crippen LogP contribution is -2.17. The van der Waals surface area contributed by atoms with Crippen molar-refractivity contribution >= 4 is 21.4 Å². The molecule has 2 N–H and O–H groups in total. The van der Waals surface area contributed by atoms with Crippen LogP contribution in [0.3, 0.4) is 0 Å². The van der Waals surface area contributed by atoms with E-state index in [2.05, 4.69) is 15.0 Å². The molecule has 0 aliphatic carbocycles. The number of hydrogen-bond acceptors (Lipinski definition) is 4. The highest BCUT2D eigenvalue weighted by Gasteiger charge is 2.20. The first-order chi connectivity index (χ1) is 10.0. The molecule has 1 aromatic heterocycles. The number of nitrogens with zero attached hydrogens (tertiary/aromatic N) is 1. The first kappa shape index (κ1) is 15.2. The van der Waals surface area contributed by atoms with Gasteiger partial charge in [0.2, 0.25) is 0 Å². The Bertz CT molecular complexity index is 702. The van der Waals surface area contributed by atoms with E-state index in [1.165, 1.54) is 30.5 Å². The summed E-state index contributed by atoms with van der Waals surface area (Å²) < 4.78 is 40.0. The molecule has 1 heterocycles. The summed E-state index contributed by atoms with van der Waals surface area (Å²) in [6.07, 6.45) is 2.27. The second-order valence-corrected chi connectivity index (χ2v) is 5.99. The third-order valence-corrected chi connectivity index (χ3v) is 4.03. The molecule has 0 unspecified atom stereocenters. The SMILES string of the molecule is CCCNc1cccnc1S(=O)(=O)Nc1ccc(F)cc1. The van der Waals surface area contributed by atoms with E-state index in [1.807, 2.05) is 6.92 Å². The number of sulfonamides is 1. The van der Waals surface area contributed by atoms with Crippen molar-refractivity contribution < 1.29 is 12.8 Å². The number of rotatable bonds is 6. The highest BCUT2D eigenvalue weighted by atomic mass is 32.2. The predicted octanol–water partition coefficient (Wildman–Crippen LogP) is 2.84. The van der Waals surface area contributed by atoms with Crippen LogP contribution in [0.2, 0.25) is 0 Å². The summed E-state index contributed by atoms with van der Waals surface area (Å²) in [7, 11) is -3.83. The van der Waals surface area contributed by atoms with Gasteiger partial charge in [-0.1, -0.05) is 6.92 Å². The molecular formula is C14H16FN3O2S. The van der Waals surface area contributed by atoms with Gasteiger partial charge in [0.1, 0.15) is 5.82 Å². The number of anilines is 2. The Kier molecular flexibility index (Phi) is 4.74. The van der Waals surface area contributed by atoms with E-state index in [4.69, 9.17) is 0 Å². The van der Waals surface area contributed by atoms with Crippen LogP contribution in [-0.2, 0) is 10.0 Å². The molecule has 7 heteroatoms. The average molecular weight is 309 g/mol. The zero-order valence-electron chi connectivity index (χ0n) is 11.5. The summed E-state index contributed by atoms with van der Waals surface area (Å²) in [5, 5.41) is 2.94. The number of nitrogens with one attached hydrogen (secondary N) is 2. The Balaban J connectivity index is 2.29. The second kappa shape index (κ2) is 6.53. The topological polar surface area (TPSA) is 71.1 Å². The number of hydrogen-bond donors (Lipinski definition) is 2. The van der Waals surface area contributed by atoms with Crippen molar-refractivity contribution in [1.82, 2.24) is 4.98 Å². The third kappa shape index (κ3) is 3.91. The van der Waals surface area contributed by atoms with Crippen molar-refractivity contribution in [3.05, 3.63) is 48.4 Å². The monoisotopic (exact) mass is 309 g/mol. The molecule has 0 saturated heterocycles. The van der Waals surface area contributed by atoms with Crippen molar-refractivity contribution in [1.29, 1.82) is 0 Å². The highest BCUT2D eigenvalue weighted by Crippen LogP contribution is 2.21. The molecule has 0 radical (unpaired) electrons. The largest absolute Gasteiger partial charge is 0.383 e. The molecule has 2 rings (SSSR count). The van der Waals surface area contributed by atoms with Crippen molar-refractivity contribution in [3.63, 3.8) is 0 Å². The maximum absolute atomic E-state index is 12.8. The number of aromatic nitrogens is 1. The molecule has 2 aromatic rings. The Morgan fingerprint density at radius 1 is 1.19 bits per heavy atom. The molecule has 112 valence electrons. The van der Waals surface area contributed by atoms with Crippen molar-refractivity contribution in [2.45, 2.75) is 18.4 Å². The van der Waals surface area contributed by atoms with Gasteiger partial charge in [-0.25, -0.2) is 9.37 Å². The average Bonchev–Trinajstić information content (AvgIpc) is 2.47. The maximum Gasteiger partial charge on any atom is 0.281 e. The van der Waals surface area contributed by atoms with Crippen LogP contribution in [0.5, 0.6) is 0 Å². The van der Waals surface area contributed by atoms with Gasteiger partial charge < -0.3 is 5.32 Å². The standard InChI is InChI=1S/C14H16FN3O2S/c1-2-9-16-13-4-3-10-17-14(13)21(19,20)18-12-7-5-11(15)6-8-12/h3-8,10,16,18H,2,9H2,1H3. The van der Waals surface area contributed by atoms with Gasteiger partial charge in [0.25, 0.3) is 10.0 Å². The van der Waals surface area contributed by atoms with E-state index in [0.29, 0.717) is 12.2 Å². The minimum absolute atomic E-state index is 0.0808. The van der Waals surface area contributed by atoms with Gasteiger partial charge in [-0.3, -0.25) is 4.72 Å². The van der Waals surface area contributed by atoms with E-state index >= 15 is 0 Å². The van der Waals surface area contributed by atoms with Crippen LogP contribution in [0, 0.1) is 5.82 Å². The molecule has 21 heavy (non-hydrogen) atoms. The first-order valence-electron chi connectivity index (χ1n) is 6.50. The van der Waals surface area contributed by atoms with E-state index in [0.717, 1.165) is 6.42 Å². The normalized spacial score (nSPS) is 11.1. The lowest BCUT2D eigenvalue weighted by Gasteiger charge is -2.12. The van der Waals surface area contributed by atoms with Crippen LogP contribution in [0.25, 0.3) is 0 Å². The summed E-state index contributed by atoms with van der Waals surface area (Å²) in [6, 6.07) is 8.40. The first-order valence-corrected chi connectivity index (χ1v) is 7.98. The fraction of sp³-hybridized carbons (Fsp3) is 0.214. The Hall–Kier alpha value is -2.15. The Morgan fingerprint density at radius 3 is 2.57 bits per heavy atom. The van der Waals surface area contributed by atoms with Crippen LogP contribution in [-0.4, -0.2) is 19.9 Å². The minimum Gasteiger partial charge on any atom is -0.383 e. The van der Waals surface area contributed by atoms with E-state index in [1.54, 1.807) is 12.1 Å². The van der Waals surface area contributed by atoms with Crippen molar-refractivity contribution in [2.75, 3.05) is 16.6 Å². The van der Waals surface area contributed by atoms with Gasteiger partial charge in [-0.2, -0.15) is 8.42 Å². The third-order valence-electron chi connectivity index (χ3n) is 2.69. The van der Waals surface area contributed by atoms with Crippen LogP contribution >= 0.6 is 0 Å². The minimum atomic E-state index is -3.83. The van der Waals surface area contributed by atoms with E-state index in [-0.39, 0.29) is 10.7 Å². The van der Waals surface area contributed by atoms with Crippen molar-refractivity contribution in [2.24, 2.45) is 0 Å². The molecule has 0 saturated carbocycles. The fourth-order valence-corrected chi connectivity index (χ4v) is 2.89. The van der Waals surface area contributed by atoms with E-state index < -0.39 is 15.8 Å². The highest BCUT2D eigenvalue weighted by molar-refractivity contribution is 7.92. The van der Waals surface area contributed by atoms with Crippen LogP contribution in [0.1, 0.15) is 13.3 Å². The lowest BCUT2D eigenvalue weighted by molar-refractivity contribution is 0.597. The smallest absolute Gasteiger partial charge is 0.281 e.